The number of carbonyl (C=O) groups excluding carboxylic acids is 2. The Bertz CT molecular complexity index is 1130. The number of para-hydroxylation sites is 1. The average molecular weight is 448 g/mol. The molecule has 1 N–H and O–H groups in total. The van der Waals surface area contributed by atoms with Crippen LogP contribution in [0.3, 0.4) is 0 Å². The Morgan fingerprint density at radius 3 is 2.45 bits per heavy atom. The van der Waals surface area contributed by atoms with Crippen LogP contribution in [0.2, 0.25) is 0 Å². The van der Waals surface area contributed by atoms with Gasteiger partial charge in [-0.2, -0.15) is 0 Å². The third kappa shape index (κ3) is 5.77. The third-order valence-corrected chi connectivity index (χ3v) is 5.38. The van der Waals surface area contributed by atoms with E-state index in [9.17, 15) is 9.59 Å². The molecule has 0 saturated carbocycles. The minimum absolute atomic E-state index is 0.139. The molecule has 2 amide bonds. The summed E-state index contributed by atoms with van der Waals surface area (Å²) >= 11 is 0. The molecule has 1 aliphatic rings. The van der Waals surface area contributed by atoms with Crippen LogP contribution in [0.5, 0.6) is 0 Å². The fraction of sp³-hybridized carbons (Fsp3) is 0.360. The molecule has 8 heteroatoms. The number of carbonyl (C=O) groups is 2. The lowest BCUT2D eigenvalue weighted by molar-refractivity contribution is -0.115. The van der Waals surface area contributed by atoms with Gasteiger partial charge in [0.1, 0.15) is 11.4 Å². The molecule has 3 heterocycles. The van der Waals surface area contributed by atoms with Gasteiger partial charge in [-0.3, -0.25) is 9.78 Å². The van der Waals surface area contributed by atoms with Crippen LogP contribution in [0.1, 0.15) is 26.3 Å². The number of nitrogens with zero attached hydrogens (tertiary/aromatic N) is 4. The third-order valence-electron chi connectivity index (χ3n) is 5.38. The number of rotatable bonds is 4. The number of hydrogen-bond acceptors (Lipinski definition) is 6. The number of benzene rings is 1. The van der Waals surface area contributed by atoms with Gasteiger partial charge in [0.05, 0.1) is 23.8 Å². The van der Waals surface area contributed by atoms with Gasteiger partial charge in [0.15, 0.2) is 0 Å². The maximum absolute atomic E-state index is 12.6. The standard InChI is InChI=1S/C25H29N5O3/c1-25(2,3)33-24(32)30-14-12-29(13-15-30)20-9-10-21(27-17-20)28-22(31)16-19-7-4-6-18-8-5-11-26-23(18)19/h4-11,17H,12-16H2,1-3H3,(H,27,28,31). The zero-order valence-corrected chi connectivity index (χ0v) is 19.2. The lowest BCUT2D eigenvalue weighted by Gasteiger charge is -2.36. The van der Waals surface area contributed by atoms with E-state index in [1.54, 1.807) is 23.4 Å². The summed E-state index contributed by atoms with van der Waals surface area (Å²) in [6.07, 6.45) is 3.43. The lowest BCUT2D eigenvalue weighted by atomic mass is 10.1. The summed E-state index contributed by atoms with van der Waals surface area (Å²) in [4.78, 5) is 37.5. The number of pyridine rings is 2. The molecule has 0 aliphatic carbocycles. The Morgan fingerprint density at radius 1 is 1.00 bits per heavy atom. The SMILES string of the molecule is CC(C)(C)OC(=O)N1CCN(c2ccc(NC(=O)Cc3cccc4cccnc34)nc2)CC1. The molecule has 0 spiro atoms. The van der Waals surface area contributed by atoms with Crippen LogP contribution in [0.15, 0.2) is 54.9 Å². The number of anilines is 2. The molecule has 1 fully saturated rings. The zero-order chi connectivity index (χ0) is 23.4. The number of aromatic nitrogens is 2. The monoisotopic (exact) mass is 447 g/mol. The second-order valence-corrected chi connectivity index (χ2v) is 9.07. The molecule has 33 heavy (non-hydrogen) atoms. The second kappa shape index (κ2) is 9.44. The van der Waals surface area contributed by atoms with E-state index in [0.29, 0.717) is 32.0 Å². The van der Waals surface area contributed by atoms with Crippen molar-refractivity contribution >= 4 is 34.4 Å². The van der Waals surface area contributed by atoms with E-state index in [-0.39, 0.29) is 18.4 Å². The van der Waals surface area contributed by atoms with Crippen molar-refractivity contribution in [1.29, 1.82) is 0 Å². The van der Waals surface area contributed by atoms with Crippen molar-refractivity contribution in [2.75, 3.05) is 36.4 Å². The molecule has 1 aromatic carbocycles. The van der Waals surface area contributed by atoms with Gasteiger partial charge in [-0.1, -0.05) is 24.3 Å². The van der Waals surface area contributed by atoms with E-state index in [0.717, 1.165) is 22.2 Å². The van der Waals surface area contributed by atoms with Gasteiger partial charge in [-0.25, -0.2) is 9.78 Å². The van der Waals surface area contributed by atoms with Crippen LogP contribution < -0.4 is 10.2 Å². The fourth-order valence-corrected chi connectivity index (χ4v) is 3.79. The van der Waals surface area contributed by atoms with Crippen molar-refractivity contribution in [2.24, 2.45) is 0 Å². The maximum atomic E-state index is 12.6. The van der Waals surface area contributed by atoms with Crippen molar-refractivity contribution in [2.45, 2.75) is 32.8 Å². The van der Waals surface area contributed by atoms with E-state index in [1.165, 1.54) is 0 Å². The molecule has 1 saturated heterocycles. The normalized spacial score (nSPS) is 14.3. The van der Waals surface area contributed by atoms with Gasteiger partial charge in [-0.15, -0.1) is 0 Å². The van der Waals surface area contributed by atoms with Crippen LogP contribution in [-0.2, 0) is 16.0 Å². The highest BCUT2D eigenvalue weighted by atomic mass is 16.6. The molecule has 4 rings (SSSR count). The molecule has 0 atom stereocenters. The van der Waals surface area contributed by atoms with Crippen LogP contribution in [0.4, 0.5) is 16.3 Å². The first-order valence-electron chi connectivity index (χ1n) is 11.1. The molecular formula is C25H29N5O3. The minimum atomic E-state index is -0.497. The number of piperazine rings is 1. The molecule has 0 unspecified atom stereocenters. The molecule has 172 valence electrons. The topological polar surface area (TPSA) is 87.7 Å². The molecule has 2 aromatic heterocycles. The Hall–Kier alpha value is -3.68. The van der Waals surface area contributed by atoms with Gasteiger partial charge in [-0.05, 0) is 44.5 Å². The van der Waals surface area contributed by atoms with Gasteiger partial charge < -0.3 is 19.9 Å². The van der Waals surface area contributed by atoms with Crippen molar-refractivity contribution in [3.05, 3.63) is 60.4 Å². The van der Waals surface area contributed by atoms with E-state index in [4.69, 9.17) is 4.74 Å². The first-order chi connectivity index (χ1) is 15.8. The van der Waals surface area contributed by atoms with Crippen molar-refractivity contribution in [1.82, 2.24) is 14.9 Å². The second-order valence-electron chi connectivity index (χ2n) is 9.07. The smallest absolute Gasteiger partial charge is 0.410 e. The van der Waals surface area contributed by atoms with E-state index < -0.39 is 5.60 Å². The minimum Gasteiger partial charge on any atom is -0.444 e. The summed E-state index contributed by atoms with van der Waals surface area (Å²) < 4.78 is 5.45. The predicted molar refractivity (Wildman–Crippen MR) is 128 cm³/mol. The number of nitrogens with one attached hydrogen (secondary N) is 1. The summed E-state index contributed by atoms with van der Waals surface area (Å²) in [7, 11) is 0. The number of hydrogen-bond donors (Lipinski definition) is 1. The van der Waals surface area contributed by atoms with Crippen molar-refractivity contribution in [3.63, 3.8) is 0 Å². The summed E-state index contributed by atoms with van der Waals surface area (Å²) in [5.41, 5.74) is 2.17. The number of fused-ring (bicyclic) bond motifs is 1. The molecule has 0 bridgehead atoms. The van der Waals surface area contributed by atoms with Crippen LogP contribution in [0.25, 0.3) is 10.9 Å². The highest BCUT2D eigenvalue weighted by Crippen LogP contribution is 2.20. The summed E-state index contributed by atoms with van der Waals surface area (Å²) in [5.74, 6) is 0.365. The maximum Gasteiger partial charge on any atom is 0.410 e. The Balaban J connectivity index is 1.31. The van der Waals surface area contributed by atoms with Gasteiger partial charge >= 0.3 is 6.09 Å². The highest BCUT2D eigenvalue weighted by Gasteiger charge is 2.26. The average Bonchev–Trinajstić information content (AvgIpc) is 2.79. The highest BCUT2D eigenvalue weighted by molar-refractivity contribution is 5.94. The van der Waals surface area contributed by atoms with E-state index in [1.807, 2.05) is 57.2 Å². The van der Waals surface area contributed by atoms with E-state index >= 15 is 0 Å². The van der Waals surface area contributed by atoms with E-state index in [2.05, 4.69) is 20.2 Å². The Kier molecular flexibility index (Phi) is 6.44. The fourth-order valence-electron chi connectivity index (χ4n) is 3.79. The summed E-state index contributed by atoms with van der Waals surface area (Å²) in [6.45, 7) is 8.17. The van der Waals surface area contributed by atoms with Crippen LogP contribution in [0, 0.1) is 0 Å². The number of ether oxygens (including phenoxy) is 1. The Morgan fingerprint density at radius 2 is 1.76 bits per heavy atom. The summed E-state index contributed by atoms with van der Waals surface area (Å²) in [6, 6.07) is 13.4. The van der Waals surface area contributed by atoms with Crippen molar-refractivity contribution in [3.8, 4) is 0 Å². The van der Waals surface area contributed by atoms with Crippen LogP contribution >= 0.6 is 0 Å². The van der Waals surface area contributed by atoms with Gasteiger partial charge in [0, 0.05) is 37.8 Å². The van der Waals surface area contributed by atoms with Crippen molar-refractivity contribution < 1.29 is 14.3 Å². The molecule has 3 aromatic rings. The number of amides is 2. The molecule has 8 nitrogen and oxygen atoms in total. The quantitative estimate of drug-likeness (QED) is 0.653. The summed E-state index contributed by atoms with van der Waals surface area (Å²) in [5, 5.41) is 3.87. The van der Waals surface area contributed by atoms with Gasteiger partial charge in [0.2, 0.25) is 5.91 Å². The molecule has 0 radical (unpaired) electrons. The first kappa shape index (κ1) is 22.5. The first-order valence-corrected chi connectivity index (χ1v) is 11.1. The zero-order valence-electron chi connectivity index (χ0n) is 19.2. The Labute approximate surface area is 193 Å². The van der Waals surface area contributed by atoms with Crippen LogP contribution in [-0.4, -0.2) is 58.6 Å². The largest absolute Gasteiger partial charge is 0.444 e. The van der Waals surface area contributed by atoms with Gasteiger partial charge in [0.25, 0.3) is 0 Å². The lowest BCUT2D eigenvalue weighted by Crippen LogP contribution is -2.50. The molecular weight excluding hydrogens is 418 g/mol. The molecule has 1 aliphatic heterocycles. The predicted octanol–water partition coefficient (Wildman–Crippen LogP) is 3.87.